The van der Waals surface area contributed by atoms with Crippen molar-refractivity contribution in [3.63, 3.8) is 0 Å². The van der Waals surface area contributed by atoms with Crippen molar-refractivity contribution >= 4 is 0 Å². The first-order valence-electron chi connectivity index (χ1n) is 18.3. The molecule has 0 aromatic heterocycles. The molecule has 0 aromatic carbocycles. The van der Waals surface area contributed by atoms with Crippen LogP contribution in [-0.2, 0) is 9.47 Å². The molecule has 4 rings (SSSR count). The Hall–Kier alpha value is -0.320. The minimum absolute atomic E-state index is 0.361. The summed E-state index contributed by atoms with van der Waals surface area (Å²) in [5, 5.41) is 0. The van der Waals surface area contributed by atoms with Crippen molar-refractivity contribution in [3.05, 3.63) is 0 Å². The van der Waals surface area contributed by atoms with Gasteiger partial charge in [-0.15, -0.1) is 0 Å². The lowest BCUT2D eigenvalue weighted by molar-refractivity contribution is 0.0402. The molecule has 256 valence electrons. The van der Waals surface area contributed by atoms with Gasteiger partial charge < -0.3 is 29.1 Å². The van der Waals surface area contributed by atoms with Crippen molar-refractivity contribution in [2.45, 2.75) is 86.3 Å². The maximum absolute atomic E-state index is 5.65. The number of nitrogens with zero attached hydrogens (tertiary/aromatic N) is 6. The third-order valence-corrected chi connectivity index (χ3v) is 9.97. The summed E-state index contributed by atoms with van der Waals surface area (Å²) in [6.45, 7) is 38.1. The Morgan fingerprint density at radius 1 is 0.558 bits per heavy atom. The molecule has 4 aliphatic rings. The van der Waals surface area contributed by atoms with Gasteiger partial charge in [0.15, 0.2) is 0 Å². The number of rotatable bonds is 13. The van der Waals surface area contributed by atoms with Crippen LogP contribution in [0.1, 0.15) is 74.1 Å². The van der Waals surface area contributed by atoms with Gasteiger partial charge in [-0.25, -0.2) is 0 Å². The molecule has 0 amide bonds. The van der Waals surface area contributed by atoms with Crippen molar-refractivity contribution in [2.24, 2.45) is 11.8 Å². The summed E-state index contributed by atoms with van der Waals surface area (Å²) in [6, 6.07) is 0.709. The third-order valence-electron chi connectivity index (χ3n) is 9.97. The van der Waals surface area contributed by atoms with Crippen LogP contribution in [0.15, 0.2) is 0 Å². The van der Waals surface area contributed by atoms with Crippen molar-refractivity contribution in [1.82, 2.24) is 29.4 Å². The molecule has 0 radical (unpaired) electrons. The lowest BCUT2D eigenvalue weighted by Gasteiger charge is -2.40. The van der Waals surface area contributed by atoms with E-state index in [1.165, 1.54) is 124 Å². The molecular weight excluding hydrogens is 536 g/mol. The molecule has 0 atom stereocenters. The number of hydrogen-bond donors (Lipinski definition) is 0. The summed E-state index contributed by atoms with van der Waals surface area (Å²) in [5.74, 6) is 1.85. The molecule has 43 heavy (non-hydrogen) atoms. The molecule has 0 unspecified atom stereocenters. The van der Waals surface area contributed by atoms with Gasteiger partial charge in [0.2, 0.25) is 0 Å². The number of likely N-dealkylation sites (tertiary alicyclic amines) is 2. The summed E-state index contributed by atoms with van der Waals surface area (Å²) in [5.41, 5.74) is 0. The van der Waals surface area contributed by atoms with E-state index in [4.69, 9.17) is 9.47 Å². The molecule has 0 aliphatic carbocycles. The Morgan fingerprint density at radius 3 is 1.42 bits per heavy atom. The number of methoxy groups -OCH3 is 1. The van der Waals surface area contributed by atoms with E-state index in [-0.39, 0.29) is 0 Å². The largest absolute Gasteiger partial charge is 0.383 e. The summed E-state index contributed by atoms with van der Waals surface area (Å²) in [6.07, 6.45) is 5.90. The van der Waals surface area contributed by atoms with Gasteiger partial charge in [-0.3, -0.25) is 9.80 Å². The second-order valence-corrected chi connectivity index (χ2v) is 13.6. The minimum atomic E-state index is 0.361. The van der Waals surface area contributed by atoms with Crippen LogP contribution in [0.2, 0.25) is 0 Å². The Kier molecular flexibility index (Phi) is 20.8. The van der Waals surface area contributed by atoms with Gasteiger partial charge in [-0.2, -0.15) is 0 Å². The first-order valence-corrected chi connectivity index (χ1v) is 18.3. The Balaban J connectivity index is 0.000000284. The SMILES string of the molecule is CC.CCN1CCC(CN2CCN(CCOC(C)C)CC2)CC1.COCCN1CCC(CN2CCN(C(C)C)CC2)CC1. The van der Waals surface area contributed by atoms with Crippen LogP contribution in [0, 0.1) is 11.8 Å². The summed E-state index contributed by atoms with van der Waals surface area (Å²) < 4.78 is 10.8. The second-order valence-electron chi connectivity index (χ2n) is 13.6. The molecule has 4 aliphatic heterocycles. The normalized spacial score (nSPS) is 23.3. The minimum Gasteiger partial charge on any atom is -0.383 e. The fourth-order valence-electron chi connectivity index (χ4n) is 6.90. The molecule has 0 aromatic rings. The molecule has 0 spiro atoms. The van der Waals surface area contributed by atoms with Gasteiger partial charge in [0.1, 0.15) is 0 Å². The summed E-state index contributed by atoms with van der Waals surface area (Å²) in [4.78, 5) is 15.7. The van der Waals surface area contributed by atoms with Crippen LogP contribution < -0.4 is 0 Å². The maximum Gasteiger partial charge on any atom is 0.0596 e. The third kappa shape index (κ3) is 16.2. The molecule has 8 nitrogen and oxygen atoms in total. The topological polar surface area (TPSA) is 37.9 Å². The monoisotopic (exact) mass is 611 g/mol. The van der Waals surface area contributed by atoms with Gasteiger partial charge in [-0.1, -0.05) is 20.8 Å². The standard InChI is InChI=1S/C17H35N3O.C16H33N3O.C2H6/c1-4-18-7-5-17(6-8-18)15-20-11-9-19(10-12-20)13-14-21-16(2)3;1-15(2)19-10-8-18(9-11-19)14-16-4-6-17(7-5-16)12-13-20-3;1-2/h16-17H,4-15H2,1-3H3;15-16H,4-14H2,1-3H3;1-2H3. The molecule has 4 fully saturated rings. The van der Waals surface area contributed by atoms with Crippen molar-refractivity contribution in [1.29, 1.82) is 0 Å². The van der Waals surface area contributed by atoms with Crippen LogP contribution in [0.5, 0.6) is 0 Å². The highest BCUT2D eigenvalue weighted by atomic mass is 16.5. The van der Waals surface area contributed by atoms with Crippen molar-refractivity contribution in [3.8, 4) is 0 Å². The number of piperazine rings is 2. The van der Waals surface area contributed by atoms with E-state index in [0.717, 1.165) is 38.1 Å². The lowest BCUT2D eigenvalue weighted by Crippen LogP contribution is -2.50. The fourth-order valence-corrected chi connectivity index (χ4v) is 6.90. The van der Waals surface area contributed by atoms with E-state index in [2.05, 4.69) is 64.0 Å². The first kappa shape index (κ1) is 38.9. The second kappa shape index (κ2) is 23.1. The molecule has 0 bridgehead atoms. The molecule has 0 saturated carbocycles. The number of ether oxygens (including phenoxy) is 2. The fraction of sp³-hybridized carbons (Fsp3) is 1.00. The first-order chi connectivity index (χ1) is 20.9. The molecule has 4 saturated heterocycles. The van der Waals surface area contributed by atoms with Crippen LogP contribution in [0.25, 0.3) is 0 Å². The molecule has 4 heterocycles. The average molecular weight is 611 g/mol. The molecule has 8 heteroatoms. The average Bonchev–Trinajstić information content (AvgIpc) is 3.03. The van der Waals surface area contributed by atoms with E-state index in [9.17, 15) is 0 Å². The van der Waals surface area contributed by atoms with Gasteiger partial charge in [0, 0.05) is 91.7 Å². The van der Waals surface area contributed by atoms with Crippen molar-refractivity contribution < 1.29 is 9.47 Å². The van der Waals surface area contributed by atoms with Gasteiger partial charge >= 0.3 is 0 Å². The van der Waals surface area contributed by atoms with E-state index < -0.39 is 0 Å². The van der Waals surface area contributed by atoms with Crippen LogP contribution in [-0.4, -0.2) is 173 Å². The van der Waals surface area contributed by atoms with Crippen LogP contribution >= 0.6 is 0 Å². The number of hydrogen-bond acceptors (Lipinski definition) is 8. The van der Waals surface area contributed by atoms with Crippen molar-refractivity contribution in [2.75, 3.05) is 132 Å². The Morgan fingerprint density at radius 2 is 0.977 bits per heavy atom. The van der Waals surface area contributed by atoms with E-state index >= 15 is 0 Å². The molecule has 0 N–H and O–H groups in total. The van der Waals surface area contributed by atoms with Gasteiger partial charge in [0.05, 0.1) is 19.3 Å². The highest BCUT2D eigenvalue weighted by Gasteiger charge is 2.25. The zero-order chi connectivity index (χ0) is 31.5. The quantitative estimate of drug-likeness (QED) is 0.308. The highest BCUT2D eigenvalue weighted by Crippen LogP contribution is 2.20. The lowest BCUT2D eigenvalue weighted by atomic mass is 9.96. The maximum atomic E-state index is 5.65. The van der Waals surface area contributed by atoms with Crippen LogP contribution in [0.3, 0.4) is 0 Å². The van der Waals surface area contributed by atoms with E-state index in [1.54, 1.807) is 7.11 Å². The van der Waals surface area contributed by atoms with Gasteiger partial charge in [-0.05, 0) is 97.9 Å². The number of piperidine rings is 2. The van der Waals surface area contributed by atoms with Gasteiger partial charge in [0.25, 0.3) is 0 Å². The highest BCUT2D eigenvalue weighted by molar-refractivity contribution is 4.80. The zero-order valence-corrected chi connectivity index (χ0v) is 30.1. The zero-order valence-electron chi connectivity index (χ0n) is 30.1. The Bertz CT molecular complexity index is 636. The predicted molar refractivity (Wildman–Crippen MR) is 184 cm³/mol. The summed E-state index contributed by atoms with van der Waals surface area (Å²) in [7, 11) is 1.80. The van der Waals surface area contributed by atoms with Crippen LogP contribution in [0.4, 0.5) is 0 Å². The van der Waals surface area contributed by atoms with E-state index in [0.29, 0.717) is 12.1 Å². The molecular formula is C35H74N6O2. The predicted octanol–water partition coefficient (Wildman–Crippen LogP) is 4.16. The smallest absolute Gasteiger partial charge is 0.0596 e. The Labute approximate surface area is 268 Å². The van der Waals surface area contributed by atoms with E-state index in [1.807, 2.05) is 13.8 Å². The summed E-state index contributed by atoms with van der Waals surface area (Å²) >= 11 is 0.